The number of esters is 1. The minimum atomic E-state index is -0.605. The number of carbonyl (C=O) groups is 3. The molecule has 2 amide bonds. The Balaban J connectivity index is 1.35. The van der Waals surface area contributed by atoms with Crippen LogP contribution in [0.1, 0.15) is 65.7 Å². The monoisotopic (exact) mass is 420 g/mol. The van der Waals surface area contributed by atoms with Gasteiger partial charge in [0.2, 0.25) is 5.91 Å². The second-order valence-electron chi connectivity index (χ2n) is 8.27. The fraction of sp³-hybridized carbons (Fsp3) is 0.400. The summed E-state index contributed by atoms with van der Waals surface area (Å²) in [5.74, 6) is -0.961. The van der Waals surface area contributed by atoms with Crippen LogP contribution in [0.5, 0.6) is 0 Å². The average Bonchev–Trinajstić information content (AvgIpc) is 3.22. The SMILES string of the molecule is C[C@@H](NC(=O)COC(=O)c1ccccc1N1CCCC1=O)c1ccc2c(c1)CCCC2. The zero-order valence-corrected chi connectivity index (χ0v) is 17.9. The molecule has 0 spiro atoms. The highest BCUT2D eigenvalue weighted by Crippen LogP contribution is 2.26. The largest absolute Gasteiger partial charge is 0.452 e. The van der Waals surface area contributed by atoms with Crippen LogP contribution in [0.3, 0.4) is 0 Å². The van der Waals surface area contributed by atoms with Gasteiger partial charge in [-0.25, -0.2) is 4.79 Å². The number of aryl methyl sites for hydroxylation is 2. The molecule has 0 bridgehead atoms. The molecule has 6 nitrogen and oxygen atoms in total. The van der Waals surface area contributed by atoms with Crippen molar-refractivity contribution in [2.24, 2.45) is 0 Å². The number of hydrogen-bond acceptors (Lipinski definition) is 4. The Morgan fingerprint density at radius 2 is 1.81 bits per heavy atom. The van der Waals surface area contributed by atoms with Gasteiger partial charge < -0.3 is 15.0 Å². The third-order valence-corrected chi connectivity index (χ3v) is 6.07. The molecule has 4 rings (SSSR count). The lowest BCUT2D eigenvalue weighted by molar-refractivity contribution is -0.125. The topological polar surface area (TPSA) is 75.7 Å². The Kier molecular flexibility index (Phi) is 6.35. The van der Waals surface area contributed by atoms with Crippen LogP contribution in [0.2, 0.25) is 0 Å². The van der Waals surface area contributed by atoms with Crippen LogP contribution in [0.15, 0.2) is 42.5 Å². The molecule has 1 atom stereocenters. The van der Waals surface area contributed by atoms with E-state index in [1.165, 1.54) is 24.0 Å². The van der Waals surface area contributed by atoms with Crippen LogP contribution in [0, 0.1) is 0 Å². The summed E-state index contributed by atoms with van der Waals surface area (Å²) in [5.41, 5.74) is 4.66. The van der Waals surface area contributed by atoms with E-state index in [-0.39, 0.29) is 24.5 Å². The Morgan fingerprint density at radius 3 is 2.58 bits per heavy atom. The minimum absolute atomic E-state index is 0.00290. The molecule has 2 aromatic carbocycles. The summed E-state index contributed by atoms with van der Waals surface area (Å²) in [6, 6.07) is 13.1. The number of ether oxygens (including phenoxy) is 1. The van der Waals surface area contributed by atoms with Crippen LogP contribution in [-0.4, -0.2) is 30.9 Å². The second kappa shape index (κ2) is 9.33. The summed E-state index contributed by atoms with van der Waals surface area (Å²) in [4.78, 5) is 38.7. The first-order valence-corrected chi connectivity index (χ1v) is 11.0. The zero-order chi connectivity index (χ0) is 21.8. The second-order valence-corrected chi connectivity index (χ2v) is 8.27. The molecule has 1 saturated heterocycles. The van der Waals surface area contributed by atoms with Gasteiger partial charge in [0.15, 0.2) is 6.61 Å². The summed E-state index contributed by atoms with van der Waals surface area (Å²) in [6.07, 6.45) is 5.89. The number of anilines is 1. The van der Waals surface area contributed by atoms with E-state index in [1.54, 1.807) is 29.2 Å². The molecule has 0 aromatic heterocycles. The molecule has 162 valence electrons. The first-order chi connectivity index (χ1) is 15.0. The highest BCUT2D eigenvalue weighted by molar-refractivity contribution is 6.03. The number of para-hydroxylation sites is 1. The Bertz CT molecular complexity index is 1000. The Labute approximate surface area is 182 Å². The molecule has 1 fully saturated rings. The molecule has 2 aromatic rings. The Morgan fingerprint density at radius 1 is 1.03 bits per heavy atom. The smallest absolute Gasteiger partial charge is 0.340 e. The number of nitrogens with one attached hydrogen (secondary N) is 1. The van der Waals surface area contributed by atoms with E-state index in [1.807, 2.05) is 6.92 Å². The minimum Gasteiger partial charge on any atom is -0.452 e. The maximum Gasteiger partial charge on any atom is 0.340 e. The van der Waals surface area contributed by atoms with Gasteiger partial charge in [-0.1, -0.05) is 30.3 Å². The standard InChI is InChI=1S/C25H28N2O4/c1-17(19-13-12-18-7-2-3-8-20(18)15-19)26-23(28)16-31-25(30)21-9-4-5-10-22(21)27-14-6-11-24(27)29/h4-5,9-10,12-13,15,17H,2-3,6-8,11,14,16H2,1H3,(H,26,28)/t17-/m1/s1. The molecule has 0 radical (unpaired) electrons. The Hall–Kier alpha value is -3.15. The van der Waals surface area contributed by atoms with E-state index in [0.717, 1.165) is 24.8 Å². The van der Waals surface area contributed by atoms with Gasteiger partial charge in [0, 0.05) is 13.0 Å². The van der Waals surface area contributed by atoms with E-state index >= 15 is 0 Å². The summed E-state index contributed by atoms with van der Waals surface area (Å²) in [7, 11) is 0. The van der Waals surface area contributed by atoms with Gasteiger partial charge in [-0.3, -0.25) is 9.59 Å². The first kappa shape index (κ1) is 21.1. The highest BCUT2D eigenvalue weighted by atomic mass is 16.5. The molecule has 6 heteroatoms. The first-order valence-electron chi connectivity index (χ1n) is 11.0. The third kappa shape index (κ3) is 4.79. The molecule has 1 N–H and O–H groups in total. The molecular formula is C25H28N2O4. The van der Waals surface area contributed by atoms with Crippen molar-refractivity contribution < 1.29 is 19.1 Å². The van der Waals surface area contributed by atoms with Crippen molar-refractivity contribution in [3.63, 3.8) is 0 Å². The lowest BCUT2D eigenvalue weighted by Gasteiger charge is -2.20. The van der Waals surface area contributed by atoms with E-state index in [2.05, 4.69) is 23.5 Å². The average molecular weight is 421 g/mol. The van der Waals surface area contributed by atoms with E-state index in [9.17, 15) is 14.4 Å². The number of nitrogens with zero attached hydrogens (tertiary/aromatic N) is 1. The van der Waals surface area contributed by atoms with Crippen molar-refractivity contribution in [2.75, 3.05) is 18.1 Å². The summed E-state index contributed by atoms with van der Waals surface area (Å²) in [5, 5.41) is 2.91. The summed E-state index contributed by atoms with van der Waals surface area (Å²) < 4.78 is 5.26. The molecule has 2 aliphatic rings. The number of rotatable bonds is 6. The summed E-state index contributed by atoms with van der Waals surface area (Å²) >= 11 is 0. The lowest BCUT2D eigenvalue weighted by atomic mass is 9.89. The van der Waals surface area contributed by atoms with Crippen LogP contribution in [0.4, 0.5) is 5.69 Å². The van der Waals surface area contributed by atoms with Crippen molar-refractivity contribution in [1.29, 1.82) is 0 Å². The molecule has 0 unspecified atom stereocenters. The van der Waals surface area contributed by atoms with Gasteiger partial charge in [-0.05, 0) is 67.9 Å². The quantitative estimate of drug-likeness (QED) is 0.723. The van der Waals surface area contributed by atoms with Gasteiger partial charge in [0.25, 0.3) is 5.91 Å². The highest BCUT2D eigenvalue weighted by Gasteiger charge is 2.26. The molecule has 31 heavy (non-hydrogen) atoms. The van der Waals surface area contributed by atoms with Crippen LogP contribution in [-0.2, 0) is 27.2 Å². The maximum absolute atomic E-state index is 12.6. The number of amides is 2. The lowest BCUT2D eigenvalue weighted by Crippen LogP contribution is -2.31. The maximum atomic E-state index is 12.6. The van der Waals surface area contributed by atoms with Crippen LogP contribution >= 0.6 is 0 Å². The molecule has 1 aliphatic carbocycles. The normalized spacial score (nSPS) is 16.5. The van der Waals surface area contributed by atoms with Gasteiger partial charge in [0.05, 0.1) is 17.3 Å². The van der Waals surface area contributed by atoms with Gasteiger partial charge in [0.1, 0.15) is 0 Å². The summed E-state index contributed by atoms with van der Waals surface area (Å²) in [6.45, 7) is 2.15. The van der Waals surface area contributed by atoms with Crippen LogP contribution in [0.25, 0.3) is 0 Å². The molecular weight excluding hydrogens is 392 g/mol. The number of fused-ring (bicyclic) bond motifs is 1. The predicted octanol–water partition coefficient (Wildman–Crippen LogP) is 3.73. The zero-order valence-electron chi connectivity index (χ0n) is 17.9. The fourth-order valence-electron chi connectivity index (χ4n) is 4.38. The predicted molar refractivity (Wildman–Crippen MR) is 118 cm³/mol. The van der Waals surface area contributed by atoms with E-state index in [0.29, 0.717) is 24.2 Å². The molecule has 0 saturated carbocycles. The van der Waals surface area contributed by atoms with Gasteiger partial charge in [-0.2, -0.15) is 0 Å². The van der Waals surface area contributed by atoms with E-state index < -0.39 is 5.97 Å². The molecule has 1 heterocycles. The number of hydrogen-bond donors (Lipinski definition) is 1. The van der Waals surface area contributed by atoms with Gasteiger partial charge in [-0.15, -0.1) is 0 Å². The molecule has 1 aliphatic heterocycles. The fourth-order valence-corrected chi connectivity index (χ4v) is 4.38. The number of benzene rings is 2. The van der Waals surface area contributed by atoms with Crippen molar-refractivity contribution in [3.8, 4) is 0 Å². The third-order valence-electron chi connectivity index (χ3n) is 6.07. The van der Waals surface area contributed by atoms with Crippen molar-refractivity contribution in [3.05, 3.63) is 64.7 Å². The number of carbonyl (C=O) groups excluding carboxylic acids is 3. The van der Waals surface area contributed by atoms with Crippen molar-refractivity contribution in [1.82, 2.24) is 5.32 Å². The van der Waals surface area contributed by atoms with Crippen molar-refractivity contribution >= 4 is 23.5 Å². The van der Waals surface area contributed by atoms with Crippen LogP contribution < -0.4 is 10.2 Å². The van der Waals surface area contributed by atoms with E-state index in [4.69, 9.17) is 4.74 Å². The van der Waals surface area contributed by atoms with Crippen molar-refractivity contribution in [2.45, 2.75) is 51.5 Å². The van der Waals surface area contributed by atoms with Gasteiger partial charge >= 0.3 is 5.97 Å².